The monoisotopic (exact) mass is 226 g/mol. The first kappa shape index (κ1) is 11.5. The summed E-state index contributed by atoms with van der Waals surface area (Å²) in [5.41, 5.74) is 10.1. The van der Waals surface area contributed by atoms with Crippen molar-refractivity contribution >= 4 is 11.4 Å². The Morgan fingerprint density at radius 3 is 2.35 bits per heavy atom. The van der Waals surface area contributed by atoms with E-state index in [0.29, 0.717) is 6.04 Å². The SMILES string of the molecule is CC(C)Nc1ccc(N)cc1-c1ccccc1. The Bertz CT molecular complexity index is 490. The number of hydrogen-bond donors (Lipinski definition) is 2. The molecule has 2 aromatic carbocycles. The normalized spacial score (nSPS) is 10.5. The fourth-order valence-corrected chi connectivity index (χ4v) is 1.86. The molecule has 2 nitrogen and oxygen atoms in total. The number of benzene rings is 2. The van der Waals surface area contributed by atoms with Crippen molar-refractivity contribution in [2.45, 2.75) is 19.9 Å². The molecule has 0 radical (unpaired) electrons. The largest absolute Gasteiger partial charge is 0.399 e. The van der Waals surface area contributed by atoms with Gasteiger partial charge in [0.1, 0.15) is 0 Å². The molecule has 3 N–H and O–H groups in total. The lowest BCUT2D eigenvalue weighted by atomic mass is 10.0. The van der Waals surface area contributed by atoms with E-state index in [4.69, 9.17) is 5.73 Å². The maximum Gasteiger partial charge on any atom is 0.0423 e. The topological polar surface area (TPSA) is 38.0 Å². The number of hydrogen-bond acceptors (Lipinski definition) is 2. The van der Waals surface area contributed by atoms with Crippen molar-refractivity contribution in [2.75, 3.05) is 11.1 Å². The smallest absolute Gasteiger partial charge is 0.0423 e. The highest BCUT2D eigenvalue weighted by molar-refractivity contribution is 5.80. The van der Waals surface area contributed by atoms with E-state index in [9.17, 15) is 0 Å². The lowest BCUT2D eigenvalue weighted by molar-refractivity contribution is 0.900. The van der Waals surface area contributed by atoms with Gasteiger partial charge in [0.05, 0.1) is 0 Å². The number of nitrogens with one attached hydrogen (secondary N) is 1. The van der Waals surface area contributed by atoms with E-state index in [-0.39, 0.29) is 0 Å². The zero-order chi connectivity index (χ0) is 12.3. The fraction of sp³-hybridized carbons (Fsp3) is 0.200. The predicted molar refractivity (Wildman–Crippen MR) is 75.0 cm³/mol. The molecule has 0 amide bonds. The summed E-state index contributed by atoms with van der Waals surface area (Å²) in [4.78, 5) is 0. The van der Waals surface area contributed by atoms with Gasteiger partial charge in [0.25, 0.3) is 0 Å². The first-order valence-electron chi connectivity index (χ1n) is 5.88. The molecule has 17 heavy (non-hydrogen) atoms. The van der Waals surface area contributed by atoms with Crippen LogP contribution < -0.4 is 11.1 Å². The number of nitrogen functional groups attached to an aromatic ring is 1. The molecule has 0 spiro atoms. The van der Waals surface area contributed by atoms with Crippen molar-refractivity contribution in [2.24, 2.45) is 0 Å². The Labute approximate surface area is 102 Å². The minimum atomic E-state index is 0.404. The van der Waals surface area contributed by atoms with Gasteiger partial charge in [0.15, 0.2) is 0 Å². The summed E-state index contributed by atoms with van der Waals surface area (Å²) in [5.74, 6) is 0. The van der Waals surface area contributed by atoms with Crippen LogP contribution in [0, 0.1) is 0 Å². The van der Waals surface area contributed by atoms with Gasteiger partial charge in [-0.1, -0.05) is 30.3 Å². The summed E-state index contributed by atoms with van der Waals surface area (Å²) in [6.07, 6.45) is 0. The molecule has 2 heteroatoms. The molecule has 0 heterocycles. The maximum absolute atomic E-state index is 5.87. The van der Waals surface area contributed by atoms with Crippen LogP contribution in [0.3, 0.4) is 0 Å². The quantitative estimate of drug-likeness (QED) is 0.782. The summed E-state index contributed by atoms with van der Waals surface area (Å²) in [5, 5.41) is 3.44. The van der Waals surface area contributed by atoms with Crippen LogP contribution in [0.1, 0.15) is 13.8 Å². The van der Waals surface area contributed by atoms with Crippen LogP contribution in [0.4, 0.5) is 11.4 Å². The summed E-state index contributed by atoms with van der Waals surface area (Å²) < 4.78 is 0. The first-order valence-corrected chi connectivity index (χ1v) is 5.88. The fourth-order valence-electron chi connectivity index (χ4n) is 1.86. The third kappa shape index (κ3) is 2.78. The number of nitrogens with two attached hydrogens (primary N) is 1. The van der Waals surface area contributed by atoms with Gasteiger partial charge in [-0.25, -0.2) is 0 Å². The van der Waals surface area contributed by atoms with Crippen molar-refractivity contribution in [1.82, 2.24) is 0 Å². The molecule has 0 atom stereocenters. The average molecular weight is 226 g/mol. The van der Waals surface area contributed by atoms with Crippen LogP contribution in [-0.2, 0) is 0 Å². The third-order valence-corrected chi connectivity index (χ3v) is 2.57. The highest BCUT2D eigenvalue weighted by Gasteiger charge is 2.06. The zero-order valence-electron chi connectivity index (χ0n) is 10.3. The van der Waals surface area contributed by atoms with Gasteiger partial charge in [-0.15, -0.1) is 0 Å². The summed E-state index contributed by atoms with van der Waals surface area (Å²) in [7, 11) is 0. The molecule has 0 aliphatic carbocycles. The molecule has 0 aliphatic rings. The number of anilines is 2. The van der Waals surface area contributed by atoms with Gasteiger partial charge < -0.3 is 11.1 Å². The molecule has 0 aromatic heterocycles. The molecule has 88 valence electrons. The van der Waals surface area contributed by atoms with Crippen LogP contribution in [-0.4, -0.2) is 6.04 Å². The minimum Gasteiger partial charge on any atom is -0.399 e. The second kappa shape index (κ2) is 4.91. The van der Waals surface area contributed by atoms with E-state index in [1.165, 1.54) is 5.56 Å². The second-order valence-corrected chi connectivity index (χ2v) is 4.47. The summed E-state index contributed by atoms with van der Waals surface area (Å²) in [6, 6.07) is 16.7. The number of rotatable bonds is 3. The van der Waals surface area contributed by atoms with E-state index in [0.717, 1.165) is 16.9 Å². The molecule has 0 unspecified atom stereocenters. The Balaban J connectivity index is 2.47. The minimum absolute atomic E-state index is 0.404. The van der Waals surface area contributed by atoms with Gasteiger partial charge >= 0.3 is 0 Å². The first-order chi connectivity index (χ1) is 8.16. The lowest BCUT2D eigenvalue weighted by Gasteiger charge is -2.15. The van der Waals surface area contributed by atoms with E-state index < -0.39 is 0 Å². The van der Waals surface area contributed by atoms with Crippen LogP contribution in [0.15, 0.2) is 48.5 Å². The standard InChI is InChI=1S/C15H18N2/c1-11(2)17-15-9-8-13(16)10-14(15)12-6-4-3-5-7-12/h3-11,17H,16H2,1-2H3. The van der Waals surface area contributed by atoms with E-state index >= 15 is 0 Å². The molecule has 0 aliphatic heterocycles. The van der Waals surface area contributed by atoms with Crippen LogP contribution in [0.25, 0.3) is 11.1 Å². The molecule has 2 aromatic rings. The second-order valence-electron chi connectivity index (χ2n) is 4.47. The predicted octanol–water partition coefficient (Wildman–Crippen LogP) is 3.76. The van der Waals surface area contributed by atoms with Gasteiger partial charge in [0.2, 0.25) is 0 Å². The van der Waals surface area contributed by atoms with Gasteiger partial charge in [-0.2, -0.15) is 0 Å². The molecule has 0 fully saturated rings. The Morgan fingerprint density at radius 1 is 1.00 bits per heavy atom. The Kier molecular flexibility index (Phi) is 3.33. The van der Waals surface area contributed by atoms with Crippen molar-refractivity contribution in [1.29, 1.82) is 0 Å². The third-order valence-electron chi connectivity index (χ3n) is 2.57. The van der Waals surface area contributed by atoms with Crippen LogP contribution in [0.5, 0.6) is 0 Å². The summed E-state index contributed by atoms with van der Waals surface area (Å²) >= 11 is 0. The lowest BCUT2D eigenvalue weighted by Crippen LogP contribution is -2.10. The van der Waals surface area contributed by atoms with E-state index in [1.807, 2.05) is 36.4 Å². The zero-order valence-corrected chi connectivity index (χ0v) is 10.3. The highest BCUT2D eigenvalue weighted by atomic mass is 14.9. The van der Waals surface area contributed by atoms with Crippen LogP contribution in [0.2, 0.25) is 0 Å². The van der Waals surface area contributed by atoms with Gasteiger partial charge in [-0.3, -0.25) is 0 Å². The van der Waals surface area contributed by atoms with Crippen molar-refractivity contribution in [3.8, 4) is 11.1 Å². The van der Waals surface area contributed by atoms with E-state index in [2.05, 4.69) is 31.3 Å². The van der Waals surface area contributed by atoms with Crippen LogP contribution >= 0.6 is 0 Å². The molecule has 0 bridgehead atoms. The maximum atomic E-state index is 5.87. The van der Waals surface area contributed by atoms with Crippen molar-refractivity contribution < 1.29 is 0 Å². The van der Waals surface area contributed by atoms with Crippen molar-refractivity contribution in [3.63, 3.8) is 0 Å². The molecule has 2 rings (SSSR count). The average Bonchev–Trinajstić information content (AvgIpc) is 2.32. The van der Waals surface area contributed by atoms with Gasteiger partial charge in [-0.05, 0) is 37.6 Å². The Morgan fingerprint density at radius 2 is 1.71 bits per heavy atom. The molecular formula is C15H18N2. The molecule has 0 saturated heterocycles. The molecular weight excluding hydrogens is 208 g/mol. The van der Waals surface area contributed by atoms with Gasteiger partial charge in [0, 0.05) is 23.0 Å². The van der Waals surface area contributed by atoms with E-state index in [1.54, 1.807) is 0 Å². The molecule has 0 saturated carbocycles. The highest BCUT2D eigenvalue weighted by Crippen LogP contribution is 2.30. The Hall–Kier alpha value is -1.96. The van der Waals surface area contributed by atoms with Crippen molar-refractivity contribution in [3.05, 3.63) is 48.5 Å². The summed E-state index contributed by atoms with van der Waals surface area (Å²) in [6.45, 7) is 4.26.